The van der Waals surface area contributed by atoms with E-state index in [0.29, 0.717) is 49.5 Å². The molecule has 42 heavy (non-hydrogen) atoms. The van der Waals surface area contributed by atoms with Crippen molar-refractivity contribution in [3.05, 3.63) is 30.0 Å². The highest BCUT2D eigenvalue weighted by Crippen LogP contribution is 2.40. The summed E-state index contributed by atoms with van der Waals surface area (Å²) in [6, 6.07) is 4.68. The number of carbonyl (C=O) groups is 3. The SMILES string of the molecule is COc1cc(C(=O)NCC2CCN(C(=O)O)CC2)ccc1Nc1ncc2c(n1)N(C1CCCC1)CC(F)(F)C(=O)N2C. The maximum Gasteiger partial charge on any atom is 0.407 e. The van der Waals surface area contributed by atoms with E-state index >= 15 is 0 Å². The summed E-state index contributed by atoms with van der Waals surface area (Å²) in [4.78, 5) is 49.2. The van der Waals surface area contributed by atoms with Crippen LogP contribution in [-0.4, -0.2) is 90.2 Å². The summed E-state index contributed by atoms with van der Waals surface area (Å²) in [5, 5.41) is 15.1. The van der Waals surface area contributed by atoms with Crippen molar-refractivity contribution in [3.8, 4) is 5.75 Å². The second-order valence-corrected chi connectivity index (χ2v) is 11.0. The van der Waals surface area contributed by atoms with Gasteiger partial charge in [-0.2, -0.15) is 13.8 Å². The summed E-state index contributed by atoms with van der Waals surface area (Å²) in [5.74, 6) is -4.22. The fourth-order valence-electron chi connectivity index (χ4n) is 5.83. The van der Waals surface area contributed by atoms with Gasteiger partial charge in [0, 0.05) is 38.3 Å². The second-order valence-electron chi connectivity index (χ2n) is 11.0. The number of nitrogens with zero attached hydrogens (tertiary/aromatic N) is 5. The summed E-state index contributed by atoms with van der Waals surface area (Å²) >= 11 is 0. The number of aromatic nitrogens is 2. The van der Waals surface area contributed by atoms with Gasteiger partial charge in [-0.3, -0.25) is 9.59 Å². The van der Waals surface area contributed by atoms with Crippen LogP contribution in [0.2, 0.25) is 0 Å². The second kappa shape index (κ2) is 11.9. The van der Waals surface area contributed by atoms with Crippen LogP contribution in [0.15, 0.2) is 24.4 Å². The molecule has 0 atom stereocenters. The number of fused-ring (bicyclic) bond motifs is 1. The van der Waals surface area contributed by atoms with Crippen molar-refractivity contribution < 1.29 is 33.0 Å². The number of ether oxygens (including phenoxy) is 1. The van der Waals surface area contributed by atoms with Crippen LogP contribution in [0.1, 0.15) is 48.9 Å². The number of rotatable bonds is 7. The maximum absolute atomic E-state index is 14.9. The number of carboxylic acid groups (broad SMARTS) is 1. The van der Waals surface area contributed by atoms with Crippen LogP contribution in [0.25, 0.3) is 0 Å². The number of anilines is 4. The number of nitrogens with one attached hydrogen (secondary N) is 2. The van der Waals surface area contributed by atoms with Crippen LogP contribution in [0.4, 0.5) is 36.7 Å². The van der Waals surface area contributed by atoms with E-state index in [4.69, 9.17) is 9.84 Å². The minimum absolute atomic E-state index is 0.131. The minimum atomic E-state index is -3.57. The van der Waals surface area contributed by atoms with E-state index in [1.54, 1.807) is 18.2 Å². The Morgan fingerprint density at radius 3 is 2.55 bits per heavy atom. The number of piperidine rings is 1. The molecule has 1 aliphatic carbocycles. The zero-order valence-electron chi connectivity index (χ0n) is 23.6. The number of likely N-dealkylation sites (tertiary alicyclic amines) is 1. The Labute approximate surface area is 242 Å². The molecule has 12 nitrogen and oxygen atoms in total. The highest BCUT2D eigenvalue weighted by atomic mass is 19.3. The van der Waals surface area contributed by atoms with Crippen LogP contribution in [-0.2, 0) is 4.79 Å². The zero-order chi connectivity index (χ0) is 30.0. The van der Waals surface area contributed by atoms with Gasteiger partial charge in [-0.05, 0) is 49.8 Å². The van der Waals surface area contributed by atoms with Crippen LogP contribution < -0.4 is 25.2 Å². The fraction of sp³-hybridized carbons (Fsp3) is 0.536. The molecule has 226 valence electrons. The number of hydrogen-bond acceptors (Lipinski definition) is 8. The molecule has 3 heterocycles. The van der Waals surface area contributed by atoms with Crippen molar-refractivity contribution >= 4 is 41.0 Å². The van der Waals surface area contributed by atoms with Gasteiger partial charge >= 0.3 is 12.0 Å². The molecule has 3 amide bonds. The predicted molar refractivity (Wildman–Crippen MR) is 151 cm³/mol. The molecule has 1 saturated heterocycles. The number of halogens is 2. The van der Waals surface area contributed by atoms with Gasteiger partial charge in [0.1, 0.15) is 11.4 Å². The number of amides is 3. The Morgan fingerprint density at radius 1 is 1.17 bits per heavy atom. The number of hydrogen-bond donors (Lipinski definition) is 3. The van der Waals surface area contributed by atoms with E-state index in [0.717, 1.165) is 30.6 Å². The van der Waals surface area contributed by atoms with E-state index in [2.05, 4.69) is 20.6 Å². The molecule has 0 bridgehead atoms. The van der Waals surface area contributed by atoms with E-state index in [-0.39, 0.29) is 35.3 Å². The first-order valence-corrected chi connectivity index (χ1v) is 14.1. The lowest BCUT2D eigenvalue weighted by atomic mass is 9.97. The van der Waals surface area contributed by atoms with Crippen molar-refractivity contribution in [1.29, 1.82) is 0 Å². The first kappa shape index (κ1) is 29.3. The summed E-state index contributed by atoms with van der Waals surface area (Å²) in [5.41, 5.74) is 1.05. The molecule has 0 spiro atoms. The monoisotopic (exact) mass is 587 g/mol. The van der Waals surface area contributed by atoms with Gasteiger partial charge in [-0.15, -0.1) is 0 Å². The van der Waals surface area contributed by atoms with E-state index in [9.17, 15) is 23.2 Å². The molecule has 5 rings (SSSR count). The number of carbonyl (C=O) groups excluding carboxylic acids is 2. The van der Waals surface area contributed by atoms with E-state index in [1.807, 2.05) is 0 Å². The Hall–Kier alpha value is -4.23. The Kier molecular flexibility index (Phi) is 8.32. The lowest BCUT2D eigenvalue weighted by molar-refractivity contribution is -0.140. The Balaban J connectivity index is 1.31. The molecule has 14 heteroatoms. The van der Waals surface area contributed by atoms with Crippen LogP contribution >= 0.6 is 0 Å². The van der Waals surface area contributed by atoms with Gasteiger partial charge < -0.3 is 35.2 Å². The first-order chi connectivity index (χ1) is 20.1. The van der Waals surface area contributed by atoms with Gasteiger partial charge in [-0.1, -0.05) is 12.8 Å². The molecule has 1 saturated carbocycles. The molecule has 0 radical (unpaired) electrons. The molecule has 3 aliphatic rings. The summed E-state index contributed by atoms with van der Waals surface area (Å²) in [6.07, 6.45) is 5.11. The number of alkyl halides is 2. The highest BCUT2D eigenvalue weighted by molar-refractivity contribution is 6.02. The molecule has 2 fully saturated rings. The van der Waals surface area contributed by atoms with Crippen LogP contribution in [0, 0.1) is 5.92 Å². The molecule has 2 aromatic rings. The fourth-order valence-corrected chi connectivity index (χ4v) is 5.83. The van der Waals surface area contributed by atoms with Gasteiger partial charge in [0.05, 0.1) is 25.5 Å². The quantitative estimate of drug-likeness (QED) is 0.442. The lowest BCUT2D eigenvalue weighted by Gasteiger charge is -2.31. The first-order valence-electron chi connectivity index (χ1n) is 14.1. The third-order valence-electron chi connectivity index (χ3n) is 8.28. The smallest absolute Gasteiger partial charge is 0.407 e. The average Bonchev–Trinajstić information content (AvgIpc) is 3.51. The topological polar surface area (TPSA) is 140 Å². The lowest BCUT2D eigenvalue weighted by Crippen LogP contribution is -2.48. The maximum atomic E-state index is 14.9. The van der Waals surface area contributed by atoms with E-state index < -0.39 is 24.5 Å². The standard InChI is InChI=1S/C28H35F2N7O5/c1-35-21-15-32-26(34-23(21)37(19-5-3-4-6-19)16-28(29,30)25(35)39)33-20-8-7-18(13-22(20)42-2)24(38)31-14-17-9-11-36(12-10-17)27(40)41/h7-8,13,15,17,19H,3-6,9-12,14,16H2,1-2H3,(H,31,38)(H,40,41)(H,32,33,34). The molecule has 2 aliphatic heterocycles. The molecular weight excluding hydrogens is 552 g/mol. The van der Waals surface area contributed by atoms with Crippen molar-refractivity contribution in [3.63, 3.8) is 0 Å². The van der Waals surface area contributed by atoms with Crippen molar-refractivity contribution in [1.82, 2.24) is 20.2 Å². The van der Waals surface area contributed by atoms with Crippen molar-refractivity contribution in [2.45, 2.75) is 50.5 Å². The number of benzene rings is 1. The van der Waals surface area contributed by atoms with Crippen LogP contribution in [0.5, 0.6) is 5.75 Å². The van der Waals surface area contributed by atoms with Gasteiger partial charge in [-0.25, -0.2) is 9.78 Å². The van der Waals surface area contributed by atoms with Crippen molar-refractivity contribution in [2.75, 3.05) is 55.5 Å². The summed E-state index contributed by atoms with van der Waals surface area (Å²) in [7, 11) is 2.76. The third-order valence-corrected chi connectivity index (χ3v) is 8.28. The predicted octanol–water partition coefficient (Wildman–Crippen LogP) is 3.71. The molecule has 1 aromatic heterocycles. The molecule has 0 unspecified atom stereocenters. The van der Waals surface area contributed by atoms with Crippen molar-refractivity contribution in [2.24, 2.45) is 5.92 Å². The highest BCUT2D eigenvalue weighted by Gasteiger charge is 2.48. The van der Waals surface area contributed by atoms with Crippen LogP contribution in [0.3, 0.4) is 0 Å². The van der Waals surface area contributed by atoms with Gasteiger partial charge in [0.2, 0.25) is 5.95 Å². The zero-order valence-corrected chi connectivity index (χ0v) is 23.6. The Bertz CT molecular complexity index is 1350. The Morgan fingerprint density at radius 2 is 1.88 bits per heavy atom. The minimum Gasteiger partial charge on any atom is -0.495 e. The molecular formula is C28H35F2N7O5. The largest absolute Gasteiger partial charge is 0.495 e. The molecule has 3 N–H and O–H groups in total. The summed E-state index contributed by atoms with van der Waals surface area (Å²) < 4.78 is 35.2. The number of methoxy groups -OCH3 is 1. The molecule has 1 aromatic carbocycles. The van der Waals surface area contributed by atoms with E-state index in [1.165, 1.54) is 30.2 Å². The summed E-state index contributed by atoms with van der Waals surface area (Å²) in [6.45, 7) is 0.575. The third kappa shape index (κ3) is 6.02. The normalized spacial score (nSPS) is 19.3. The van der Waals surface area contributed by atoms with Gasteiger partial charge in [0.25, 0.3) is 11.8 Å². The average molecular weight is 588 g/mol. The van der Waals surface area contributed by atoms with Gasteiger partial charge in [0.15, 0.2) is 5.82 Å².